The number of piperidine rings is 1. The van der Waals surface area contributed by atoms with Gasteiger partial charge in [-0.2, -0.15) is 0 Å². The third kappa shape index (κ3) is 3.92. The number of rotatable bonds is 3. The second-order valence-corrected chi connectivity index (χ2v) is 8.29. The maximum Gasteiger partial charge on any atom is 0.189 e. The second-order valence-electron chi connectivity index (χ2n) is 6.53. The van der Waals surface area contributed by atoms with Crippen LogP contribution in [0.15, 0.2) is 0 Å². The number of carbonyl (C=O) groups is 1. The van der Waals surface area contributed by atoms with Gasteiger partial charge in [-0.05, 0) is 44.9 Å². The maximum atomic E-state index is 12.4. The van der Waals surface area contributed by atoms with Crippen LogP contribution in [0.25, 0.3) is 0 Å². The molecule has 0 bridgehead atoms. The van der Waals surface area contributed by atoms with Crippen LogP contribution in [-0.4, -0.2) is 28.8 Å². The lowest BCUT2D eigenvalue weighted by molar-refractivity contribution is -0.922. The van der Waals surface area contributed by atoms with Gasteiger partial charge in [0.2, 0.25) is 0 Å². The summed E-state index contributed by atoms with van der Waals surface area (Å²) in [6.07, 6.45) is 7.38. The molecule has 1 saturated heterocycles. The Bertz CT molecular complexity index is 286. The van der Waals surface area contributed by atoms with Crippen LogP contribution in [0.1, 0.15) is 52.4 Å². The number of ketones is 1. The van der Waals surface area contributed by atoms with Crippen molar-refractivity contribution in [3.05, 3.63) is 0 Å². The summed E-state index contributed by atoms with van der Waals surface area (Å²) in [6, 6.07) is 0.679. The number of quaternary nitrogens is 1. The van der Waals surface area contributed by atoms with Gasteiger partial charge in [0, 0.05) is 16.3 Å². The number of halogens is 1. The van der Waals surface area contributed by atoms with E-state index in [1.165, 1.54) is 32.2 Å². The Labute approximate surface area is 125 Å². The molecule has 0 aromatic carbocycles. The lowest BCUT2D eigenvalue weighted by atomic mass is 9.85. The molecule has 2 fully saturated rings. The second kappa shape index (κ2) is 6.69. The average Bonchev–Trinajstić information content (AvgIpc) is 2.33. The zero-order valence-electron chi connectivity index (χ0n) is 11.8. The summed E-state index contributed by atoms with van der Waals surface area (Å²) in [6.45, 7) is 6.66. The van der Waals surface area contributed by atoms with Crippen molar-refractivity contribution in [1.29, 1.82) is 0 Å². The van der Waals surface area contributed by atoms with Gasteiger partial charge in [0.25, 0.3) is 0 Å². The van der Waals surface area contributed by atoms with Crippen molar-refractivity contribution in [3.8, 4) is 0 Å². The highest BCUT2D eigenvalue weighted by molar-refractivity contribution is 14.1. The van der Waals surface area contributed by atoms with Gasteiger partial charge in [-0.3, -0.25) is 4.79 Å². The monoisotopic (exact) mass is 364 g/mol. The minimum absolute atomic E-state index is 0.384. The molecule has 2 nitrogen and oxygen atoms in total. The van der Waals surface area contributed by atoms with Crippen molar-refractivity contribution in [2.24, 2.45) is 11.8 Å². The molecule has 1 heterocycles. The Kier molecular flexibility index (Phi) is 5.48. The lowest BCUT2D eigenvalue weighted by Crippen LogP contribution is -3.17. The van der Waals surface area contributed by atoms with Crippen LogP contribution in [0.3, 0.4) is 0 Å². The predicted molar refractivity (Wildman–Crippen MR) is 83.3 cm³/mol. The van der Waals surface area contributed by atoms with Crippen molar-refractivity contribution < 1.29 is 9.69 Å². The Morgan fingerprint density at radius 2 is 1.83 bits per heavy atom. The molecule has 0 spiro atoms. The SMILES string of the molecule is CC1CC[NH+](CC(=O)C2CCC(I)CC2)C(C)C1. The number of likely N-dealkylation sites (tertiary alicyclic amines) is 1. The highest BCUT2D eigenvalue weighted by Crippen LogP contribution is 2.29. The summed E-state index contributed by atoms with van der Waals surface area (Å²) >= 11 is 2.53. The number of hydrogen-bond donors (Lipinski definition) is 1. The molecule has 3 atom stereocenters. The fourth-order valence-corrected chi connectivity index (χ4v) is 4.29. The van der Waals surface area contributed by atoms with Gasteiger partial charge in [0.15, 0.2) is 5.78 Å². The van der Waals surface area contributed by atoms with E-state index in [-0.39, 0.29) is 0 Å². The first-order valence-electron chi connectivity index (χ1n) is 7.57. The van der Waals surface area contributed by atoms with Gasteiger partial charge >= 0.3 is 0 Å². The van der Waals surface area contributed by atoms with Crippen molar-refractivity contribution >= 4 is 28.4 Å². The Hall–Kier alpha value is 0.360. The first kappa shape index (κ1) is 14.8. The fraction of sp³-hybridized carbons (Fsp3) is 0.933. The number of carbonyl (C=O) groups excluding carboxylic acids is 1. The molecular weight excluding hydrogens is 337 g/mol. The number of nitrogens with one attached hydrogen (secondary N) is 1. The predicted octanol–water partition coefficient (Wildman–Crippen LogP) is 2.25. The molecule has 18 heavy (non-hydrogen) atoms. The van der Waals surface area contributed by atoms with Crippen molar-refractivity contribution in [2.45, 2.75) is 62.3 Å². The molecule has 104 valence electrons. The topological polar surface area (TPSA) is 21.5 Å². The van der Waals surface area contributed by atoms with Gasteiger partial charge in [0.05, 0.1) is 12.6 Å². The molecule has 0 aromatic rings. The summed E-state index contributed by atoms with van der Waals surface area (Å²) < 4.78 is 0.814. The number of alkyl halides is 1. The standard InChI is InChI=1S/C15H26INO/c1-11-7-8-17(12(2)9-11)10-15(18)13-3-5-14(16)6-4-13/h11-14H,3-10H2,1-2H3/p+1. The van der Waals surface area contributed by atoms with E-state index >= 15 is 0 Å². The van der Waals surface area contributed by atoms with E-state index in [0.29, 0.717) is 17.7 Å². The highest BCUT2D eigenvalue weighted by Gasteiger charge is 2.31. The molecule has 1 aliphatic carbocycles. The highest BCUT2D eigenvalue weighted by atomic mass is 127. The van der Waals surface area contributed by atoms with E-state index < -0.39 is 0 Å². The smallest absolute Gasteiger partial charge is 0.189 e. The van der Waals surface area contributed by atoms with Crippen molar-refractivity contribution in [3.63, 3.8) is 0 Å². The normalized spacial score (nSPS) is 41.6. The molecule has 0 aromatic heterocycles. The summed E-state index contributed by atoms with van der Waals surface area (Å²) in [5, 5.41) is 0. The van der Waals surface area contributed by atoms with Crippen LogP contribution in [0, 0.1) is 11.8 Å². The average molecular weight is 364 g/mol. The van der Waals surface area contributed by atoms with Gasteiger partial charge < -0.3 is 4.90 Å². The molecular formula is C15H27INO+. The molecule has 2 rings (SSSR count). The largest absolute Gasteiger partial charge is 0.327 e. The molecule has 1 saturated carbocycles. The van der Waals surface area contributed by atoms with Crippen LogP contribution >= 0.6 is 22.6 Å². The molecule has 1 N–H and O–H groups in total. The van der Waals surface area contributed by atoms with Gasteiger partial charge in [-0.1, -0.05) is 29.5 Å². The third-order valence-corrected chi connectivity index (χ3v) is 6.17. The Morgan fingerprint density at radius 1 is 1.17 bits per heavy atom. The molecule has 2 aliphatic rings. The molecule has 3 unspecified atom stereocenters. The molecule has 0 radical (unpaired) electrons. The number of hydrogen-bond acceptors (Lipinski definition) is 1. The first-order chi connectivity index (χ1) is 8.56. The fourth-order valence-electron chi connectivity index (χ4n) is 3.57. The minimum atomic E-state index is 0.384. The first-order valence-corrected chi connectivity index (χ1v) is 8.82. The zero-order valence-corrected chi connectivity index (χ0v) is 13.9. The van der Waals surface area contributed by atoms with E-state index in [0.717, 1.165) is 29.2 Å². The molecule has 3 heteroatoms. The Morgan fingerprint density at radius 3 is 2.44 bits per heavy atom. The van der Waals surface area contributed by atoms with Gasteiger partial charge in [-0.25, -0.2) is 0 Å². The Balaban J connectivity index is 1.80. The van der Waals surface area contributed by atoms with Crippen LogP contribution in [0.2, 0.25) is 0 Å². The van der Waals surface area contributed by atoms with E-state index in [9.17, 15) is 4.79 Å². The summed E-state index contributed by atoms with van der Waals surface area (Å²) in [4.78, 5) is 13.9. The van der Waals surface area contributed by atoms with Gasteiger partial charge in [0.1, 0.15) is 6.54 Å². The summed E-state index contributed by atoms with van der Waals surface area (Å²) in [5.41, 5.74) is 0. The van der Waals surface area contributed by atoms with Crippen LogP contribution in [-0.2, 0) is 4.79 Å². The van der Waals surface area contributed by atoms with Crippen molar-refractivity contribution in [2.75, 3.05) is 13.1 Å². The lowest BCUT2D eigenvalue weighted by Gasteiger charge is -2.34. The van der Waals surface area contributed by atoms with E-state index in [2.05, 4.69) is 36.4 Å². The van der Waals surface area contributed by atoms with E-state index in [4.69, 9.17) is 0 Å². The summed E-state index contributed by atoms with van der Waals surface area (Å²) in [7, 11) is 0. The molecule has 1 aliphatic heterocycles. The van der Waals surface area contributed by atoms with Crippen LogP contribution in [0.4, 0.5) is 0 Å². The third-order valence-electron chi connectivity index (χ3n) is 4.92. The quantitative estimate of drug-likeness (QED) is 0.602. The minimum Gasteiger partial charge on any atom is -0.327 e. The van der Waals surface area contributed by atoms with Crippen molar-refractivity contribution in [1.82, 2.24) is 0 Å². The van der Waals surface area contributed by atoms with E-state index in [1.54, 1.807) is 4.90 Å². The molecule has 0 amide bonds. The number of Topliss-reactive ketones (excluding diaryl/α,β-unsaturated/α-hetero) is 1. The zero-order chi connectivity index (χ0) is 13.1. The summed E-state index contributed by atoms with van der Waals surface area (Å²) in [5.74, 6) is 1.79. The maximum absolute atomic E-state index is 12.4. The van der Waals surface area contributed by atoms with Gasteiger partial charge in [-0.15, -0.1) is 0 Å². The van der Waals surface area contributed by atoms with Crippen LogP contribution < -0.4 is 4.90 Å². The van der Waals surface area contributed by atoms with Crippen LogP contribution in [0.5, 0.6) is 0 Å². The van der Waals surface area contributed by atoms with E-state index in [1.807, 2.05) is 0 Å².